The van der Waals surface area contributed by atoms with E-state index in [2.05, 4.69) is 31.6 Å². The zero-order valence-electron chi connectivity index (χ0n) is 11.8. The Bertz CT molecular complexity index is 297. The summed E-state index contributed by atoms with van der Waals surface area (Å²) < 4.78 is 0. The van der Waals surface area contributed by atoms with Gasteiger partial charge < -0.3 is 10.3 Å². The van der Waals surface area contributed by atoms with E-state index in [1.807, 2.05) is 24.3 Å². The van der Waals surface area contributed by atoms with Gasteiger partial charge in [-0.2, -0.15) is 0 Å². The Kier molecular flexibility index (Phi) is 5.73. The molecule has 3 nitrogen and oxygen atoms in total. The third-order valence-corrected chi connectivity index (χ3v) is 3.74. The van der Waals surface area contributed by atoms with Crippen LogP contribution in [0.5, 0.6) is 0 Å². The molecule has 0 aliphatic carbocycles. The quantitative estimate of drug-likeness (QED) is 0.517. The molecule has 106 valence electrons. The summed E-state index contributed by atoms with van der Waals surface area (Å²) in [5.41, 5.74) is -0.490. The first kappa shape index (κ1) is 15.9. The lowest BCUT2D eigenvalue weighted by atomic mass is 9.79. The van der Waals surface area contributed by atoms with Gasteiger partial charge in [-0.1, -0.05) is 24.3 Å². The molecule has 0 aromatic rings. The van der Waals surface area contributed by atoms with E-state index in [-0.39, 0.29) is 11.1 Å². The number of hydrogen-bond donors (Lipinski definition) is 2. The van der Waals surface area contributed by atoms with Gasteiger partial charge >= 0.3 is 0 Å². The molecule has 2 N–H and O–H groups in total. The van der Waals surface area contributed by atoms with Crippen molar-refractivity contribution in [2.75, 3.05) is 13.1 Å². The summed E-state index contributed by atoms with van der Waals surface area (Å²) >= 11 is 0. The maximum Gasteiger partial charge on any atom is 0.0960 e. The molecule has 0 aromatic carbocycles. The summed E-state index contributed by atoms with van der Waals surface area (Å²) in [5, 5.41) is 16.2. The Morgan fingerprint density at radius 1 is 0.842 bits per heavy atom. The Balaban J connectivity index is 3.06. The molecule has 1 aliphatic rings. The summed E-state index contributed by atoms with van der Waals surface area (Å²) in [5.74, 6) is 0. The highest BCUT2D eigenvalue weighted by atomic mass is 16.5. The van der Waals surface area contributed by atoms with Crippen molar-refractivity contribution in [1.82, 2.24) is 5.32 Å². The Hall–Kier alpha value is -1.16. The highest BCUT2D eigenvalue weighted by molar-refractivity contribution is 5.09. The monoisotopic (exact) mass is 262 g/mol. The highest BCUT2D eigenvalue weighted by Crippen LogP contribution is 2.27. The molecule has 0 atom stereocenters. The topological polar surface area (TPSA) is 39.5 Å². The molecule has 1 rings (SSSR count). The van der Waals surface area contributed by atoms with Crippen molar-refractivity contribution in [3.8, 4) is 0 Å². The second kappa shape index (κ2) is 6.85. The summed E-state index contributed by atoms with van der Waals surface area (Å²) in [6.45, 7) is 16.4. The van der Waals surface area contributed by atoms with Crippen molar-refractivity contribution < 1.29 is 5.06 Å². The Morgan fingerprint density at radius 3 is 1.42 bits per heavy atom. The average molecular weight is 262 g/mol. The molecule has 1 aliphatic heterocycles. The number of quaternary nitrogens is 1. The third-order valence-electron chi connectivity index (χ3n) is 3.74. The van der Waals surface area contributed by atoms with E-state index in [1.165, 1.54) is 0 Å². The van der Waals surface area contributed by atoms with Crippen molar-refractivity contribution in [1.29, 1.82) is 0 Å². The van der Waals surface area contributed by atoms with E-state index in [9.17, 15) is 5.21 Å². The molecule has 19 heavy (non-hydrogen) atoms. The molecule has 0 unspecified atom stereocenters. The number of piperazine rings is 1. The van der Waals surface area contributed by atoms with Crippen molar-refractivity contribution >= 4 is 0 Å². The van der Waals surface area contributed by atoms with Crippen LogP contribution in [0.4, 0.5) is 0 Å². The minimum absolute atomic E-state index is 0.245. The van der Waals surface area contributed by atoms with E-state index >= 15 is 0 Å². The molecule has 1 saturated heterocycles. The molecule has 1 heterocycles. The zero-order chi connectivity index (χ0) is 14.4. The highest BCUT2D eigenvalue weighted by Gasteiger charge is 2.45. The summed E-state index contributed by atoms with van der Waals surface area (Å²) in [6, 6.07) is 0. The van der Waals surface area contributed by atoms with Gasteiger partial charge in [0, 0.05) is 0 Å². The van der Waals surface area contributed by atoms with Gasteiger partial charge in [0.2, 0.25) is 0 Å². The lowest BCUT2D eigenvalue weighted by Gasteiger charge is -2.52. The minimum Gasteiger partial charge on any atom is -0.634 e. The molecular formula is C16H26N2O. The van der Waals surface area contributed by atoms with Crippen molar-refractivity contribution in [3.05, 3.63) is 55.8 Å². The van der Waals surface area contributed by atoms with E-state index in [0.717, 1.165) is 25.7 Å². The first-order valence-electron chi connectivity index (χ1n) is 6.80. The zero-order valence-corrected chi connectivity index (χ0v) is 11.8. The molecular weight excluding hydrogens is 236 g/mol. The average Bonchev–Trinajstić information content (AvgIpc) is 2.28. The smallest absolute Gasteiger partial charge is 0.0960 e. The van der Waals surface area contributed by atoms with Crippen molar-refractivity contribution in [2.24, 2.45) is 0 Å². The fourth-order valence-corrected chi connectivity index (χ4v) is 3.23. The van der Waals surface area contributed by atoms with Crippen LogP contribution in [0.25, 0.3) is 0 Å². The molecule has 0 radical (unpaired) electrons. The summed E-state index contributed by atoms with van der Waals surface area (Å²) in [6.07, 6.45) is 10.6. The van der Waals surface area contributed by atoms with Crippen LogP contribution in [0.1, 0.15) is 25.7 Å². The standard InChI is InChI=1S/C16H26N2O/c1-5-9-15(10-6-2)13-18(19)14-16(17-15,11-7-3)12-8-4/h5-8,17-18H,1-4,9-14H2. The van der Waals surface area contributed by atoms with E-state index in [1.54, 1.807) is 0 Å². The van der Waals surface area contributed by atoms with Crippen LogP contribution in [0, 0.1) is 5.21 Å². The molecule has 1 fully saturated rings. The van der Waals surface area contributed by atoms with Crippen LogP contribution in [-0.4, -0.2) is 24.2 Å². The SMILES string of the molecule is C=CCC1(CC=C)C[NH+]([O-])CC(CC=C)(CC=C)N1. The number of hydrogen-bond acceptors (Lipinski definition) is 2. The normalized spacial score (nSPS) is 21.5. The van der Waals surface area contributed by atoms with Crippen molar-refractivity contribution in [3.63, 3.8) is 0 Å². The lowest BCUT2D eigenvalue weighted by molar-refractivity contribution is -0.864. The van der Waals surface area contributed by atoms with Gasteiger partial charge in [-0.05, 0) is 25.7 Å². The second-order valence-corrected chi connectivity index (χ2v) is 5.55. The maximum absolute atomic E-state index is 12.2. The number of hydroxylamine groups is 2. The first-order valence-corrected chi connectivity index (χ1v) is 6.80. The van der Waals surface area contributed by atoms with E-state index in [4.69, 9.17) is 0 Å². The number of nitrogens with one attached hydrogen (secondary N) is 2. The Morgan fingerprint density at radius 2 is 1.16 bits per heavy atom. The fourth-order valence-electron chi connectivity index (χ4n) is 3.23. The van der Waals surface area contributed by atoms with Gasteiger partial charge in [0.05, 0.1) is 24.2 Å². The molecule has 0 aromatic heterocycles. The van der Waals surface area contributed by atoms with Crippen molar-refractivity contribution in [2.45, 2.75) is 36.8 Å². The first-order chi connectivity index (χ1) is 9.05. The molecule has 0 spiro atoms. The predicted octanol–water partition coefficient (Wildman–Crippen LogP) is 1.75. The summed E-state index contributed by atoms with van der Waals surface area (Å²) in [4.78, 5) is 0. The van der Waals surface area contributed by atoms with Gasteiger partial charge in [0.15, 0.2) is 0 Å². The Labute approximate surface area is 117 Å². The summed E-state index contributed by atoms with van der Waals surface area (Å²) in [7, 11) is 0. The van der Waals surface area contributed by atoms with Crippen LogP contribution in [0.3, 0.4) is 0 Å². The van der Waals surface area contributed by atoms with Gasteiger partial charge in [-0.25, -0.2) is 0 Å². The molecule has 0 saturated carbocycles. The maximum atomic E-state index is 12.2. The van der Waals surface area contributed by atoms with Crippen LogP contribution in [-0.2, 0) is 0 Å². The predicted molar refractivity (Wildman–Crippen MR) is 81.9 cm³/mol. The van der Waals surface area contributed by atoms with Crippen LogP contribution in [0.2, 0.25) is 0 Å². The van der Waals surface area contributed by atoms with Crippen LogP contribution in [0.15, 0.2) is 50.6 Å². The third kappa shape index (κ3) is 3.90. The lowest BCUT2D eigenvalue weighted by Crippen LogP contribution is -3.15. The molecule has 0 amide bonds. The van der Waals surface area contributed by atoms with Gasteiger partial charge in [-0.15, -0.1) is 26.3 Å². The molecule has 0 bridgehead atoms. The van der Waals surface area contributed by atoms with Crippen LogP contribution < -0.4 is 10.4 Å². The largest absolute Gasteiger partial charge is 0.634 e. The number of rotatable bonds is 8. The van der Waals surface area contributed by atoms with E-state index in [0.29, 0.717) is 18.2 Å². The van der Waals surface area contributed by atoms with Gasteiger partial charge in [0.25, 0.3) is 0 Å². The van der Waals surface area contributed by atoms with E-state index < -0.39 is 0 Å². The fraction of sp³-hybridized carbons (Fsp3) is 0.500. The van der Waals surface area contributed by atoms with Crippen LogP contribution >= 0.6 is 0 Å². The second-order valence-electron chi connectivity index (χ2n) is 5.55. The minimum atomic E-state index is -0.245. The van der Waals surface area contributed by atoms with Gasteiger partial charge in [0.1, 0.15) is 0 Å². The molecule has 3 heteroatoms. The van der Waals surface area contributed by atoms with Gasteiger partial charge in [-0.3, -0.25) is 5.32 Å².